The molecule has 1 heterocycles. The molecule has 3 N–H and O–H groups in total. The molecule has 0 saturated carbocycles. The zero-order valence-electron chi connectivity index (χ0n) is 10.9. The second-order valence-electron chi connectivity index (χ2n) is 5.06. The summed E-state index contributed by atoms with van der Waals surface area (Å²) in [7, 11) is 2.14. The predicted octanol–water partition coefficient (Wildman–Crippen LogP) is -1.68. The number of quaternary nitrogens is 2. The van der Waals surface area contributed by atoms with Crippen LogP contribution in [0, 0.1) is 11.6 Å². The molecule has 1 amide bonds. The van der Waals surface area contributed by atoms with Crippen molar-refractivity contribution in [1.29, 1.82) is 0 Å². The maximum Gasteiger partial charge on any atom is 0.279 e. The molecule has 1 fully saturated rings. The van der Waals surface area contributed by atoms with Gasteiger partial charge in [0.2, 0.25) is 0 Å². The molecule has 0 atom stereocenters. The number of piperazine rings is 1. The van der Waals surface area contributed by atoms with Gasteiger partial charge in [0.05, 0.1) is 7.05 Å². The van der Waals surface area contributed by atoms with E-state index in [2.05, 4.69) is 12.4 Å². The van der Waals surface area contributed by atoms with E-state index in [1.54, 1.807) is 0 Å². The van der Waals surface area contributed by atoms with Crippen molar-refractivity contribution in [3.63, 3.8) is 0 Å². The van der Waals surface area contributed by atoms with Gasteiger partial charge < -0.3 is 15.1 Å². The summed E-state index contributed by atoms with van der Waals surface area (Å²) in [5, 5.41) is 2.60. The van der Waals surface area contributed by atoms with Crippen LogP contribution in [0.15, 0.2) is 18.2 Å². The summed E-state index contributed by atoms with van der Waals surface area (Å²) < 4.78 is 25.7. The topological polar surface area (TPSA) is 38.0 Å². The molecule has 0 radical (unpaired) electrons. The third-order valence-corrected chi connectivity index (χ3v) is 3.42. The van der Waals surface area contributed by atoms with Gasteiger partial charge in [-0.15, -0.1) is 0 Å². The normalized spacial score (nSPS) is 23.1. The van der Waals surface area contributed by atoms with E-state index >= 15 is 0 Å². The van der Waals surface area contributed by atoms with Gasteiger partial charge in [0, 0.05) is 11.8 Å². The zero-order chi connectivity index (χ0) is 13.8. The fraction of sp³-hybridized carbons (Fsp3) is 0.462. The van der Waals surface area contributed by atoms with Gasteiger partial charge in [-0.1, -0.05) is 0 Å². The fourth-order valence-corrected chi connectivity index (χ4v) is 2.21. The summed E-state index contributed by atoms with van der Waals surface area (Å²) in [5.74, 6) is -2.03. The minimum atomic E-state index is -0.951. The predicted molar refractivity (Wildman–Crippen MR) is 67.2 cm³/mol. The van der Waals surface area contributed by atoms with Crippen molar-refractivity contribution in [1.82, 2.24) is 0 Å². The number of likely N-dealkylation sites (N-methyl/N-ethyl adjacent to an activating group) is 1. The Kier molecular flexibility index (Phi) is 4.44. The van der Waals surface area contributed by atoms with Crippen LogP contribution >= 0.6 is 0 Å². The van der Waals surface area contributed by atoms with Crippen LogP contribution in [-0.2, 0) is 4.79 Å². The molecule has 19 heavy (non-hydrogen) atoms. The molecule has 4 nitrogen and oxygen atoms in total. The number of benzene rings is 1. The number of rotatable bonds is 3. The smallest absolute Gasteiger partial charge is 0.279 e. The molecule has 2 rings (SSSR count). The van der Waals surface area contributed by atoms with Crippen LogP contribution < -0.4 is 15.1 Å². The highest BCUT2D eigenvalue weighted by atomic mass is 19.2. The Bertz CT molecular complexity index is 459. The monoisotopic (exact) mass is 271 g/mol. The van der Waals surface area contributed by atoms with Crippen molar-refractivity contribution in [3.8, 4) is 0 Å². The molecule has 1 aliphatic rings. The summed E-state index contributed by atoms with van der Waals surface area (Å²) in [5.41, 5.74) is 0.294. The number of anilines is 1. The molecular weight excluding hydrogens is 252 g/mol. The Balaban J connectivity index is 1.85. The van der Waals surface area contributed by atoms with Gasteiger partial charge in [-0.25, -0.2) is 8.78 Å². The Morgan fingerprint density at radius 3 is 2.53 bits per heavy atom. The van der Waals surface area contributed by atoms with E-state index < -0.39 is 11.6 Å². The van der Waals surface area contributed by atoms with Crippen molar-refractivity contribution >= 4 is 11.6 Å². The number of amides is 1. The largest absolute Gasteiger partial charge is 0.328 e. The number of halogens is 2. The minimum Gasteiger partial charge on any atom is -0.328 e. The van der Waals surface area contributed by atoms with Crippen LogP contribution in [-0.4, -0.2) is 45.7 Å². The summed E-state index contributed by atoms with van der Waals surface area (Å²) in [6, 6.07) is 3.37. The molecule has 1 aromatic rings. The number of nitrogens with one attached hydrogen (secondary N) is 3. The molecule has 0 bridgehead atoms. The van der Waals surface area contributed by atoms with Gasteiger partial charge >= 0.3 is 0 Å². The van der Waals surface area contributed by atoms with E-state index in [1.165, 1.54) is 15.9 Å². The van der Waals surface area contributed by atoms with E-state index in [-0.39, 0.29) is 5.91 Å². The van der Waals surface area contributed by atoms with Crippen molar-refractivity contribution in [2.75, 3.05) is 45.1 Å². The molecule has 0 spiro atoms. The van der Waals surface area contributed by atoms with Gasteiger partial charge in [0.15, 0.2) is 18.2 Å². The second kappa shape index (κ2) is 6.08. The summed E-state index contributed by atoms with van der Waals surface area (Å²) in [6.45, 7) is 4.38. The van der Waals surface area contributed by atoms with Crippen molar-refractivity contribution in [2.45, 2.75) is 0 Å². The van der Waals surface area contributed by atoms with Gasteiger partial charge in [-0.3, -0.25) is 4.79 Å². The first-order chi connectivity index (χ1) is 9.04. The van der Waals surface area contributed by atoms with Crippen LogP contribution in [0.5, 0.6) is 0 Å². The van der Waals surface area contributed by atoms with E-state index in [9.17, 15) is 13.6 Å². The van der Waals surface area contributed by atoms with Gasteiger partial charge in [-0.2, -0.15) is 0 Å². The highest BCUT2D eigenvalue weighted by molar-refractivity contribution is 5.91. The average molecular weight is 271 g/mol. The van der Waals surface area contributed by atoms with Gasteiger partial charge in [-0.05, 0) is 12.1 Å². The van der Waals surface area contributed by atoms with Crippen molar-refractivity contribution < 1.29 is 23.4 Å². The molecule has 1 aliphatic heterocycles. The molecule has 1 saturated heterocycles. The Morgan fingerprint density at radius 1 is 1.21 bits per heavy atom. The van der Waals surface area contributed by atoms with E-state index in [4.69, 9.17) is 0 Å². The Hall–Kier alpha value is -1.53. The maximum absolute atomic E-state index is 13.0. The van der Waals surface area contributed by atoms with Crippen molar-refractivity contribution in [3.05, 3.63) is 29.8 Å². The van der Waals surface area contributed by atoms with Crippen LogP contribution in [0.4, 0.5) is 14.5 Å². The highest BCUT2D eigenvalue weighted by Gasteiger charge is 2.22. The van der Waals surface area contributed by atoms with Crippen LogP contribution in [0.2, 0.25) is 0 Å². The lowest BCUT2D eigenvalue weighted by molar-refractivity contribution is -0.999. The highest BCUT2D eigenvalue weighted by Crippen LogP contribution is 2.12. The Labute approximate surface area is 111 Å². The molecule has 6 heteroatoms. The number of hydrogen-bond acceptors (Lipinski definition) is 1. The molecule has 104 valence electrons. The maximum atomic E-state index is 13.0. The number of carbonyl (C=O) groups excluding carboxylic acids is 1. The lowest BCUT2D eigenvalue weighted by Crippen LogP contribution is -3.27. The van der Waals surface area contributed by atoms with E-state index in [0.29, 0.717) is 12.2 Å². The van der Waals surface area contributed by atoms with Gasteiger partial charge in [0.1, 0.15) is 26.2 Å². The zero-order valence-corrected chi connectivity index (χ0v) is 10.9. The fourth-order valence-electron chi connectivity index (χ4n) is 2.21. The first kappa shape index (κ1) is 13.9. The lowest BCUT2D eigenvalue weighted by atomic mass is 10.3. The molecule has 0 aromatic heterocycles. The van der Waals surface area contributed by atoms with Crippen molar-refractivity contribution in [2.24, 2.45) is 0 Å². The first-order valence-corrected chi connectivity index (χ1v) is 6.44. The Morgan fingerprint density at radius 2 is 1.89 bits per heavy atom. The summed E-state index contributed by atoms with van der Waals surface area (Å²) >= 11 is 0. The standard InChI is InChI=1S/C13H17F2N3O/c1-17-4-6-18(7-5-17)9-13(19)16-10-2-3-11(14)12(15)8-10/h2-3,8H,4-7,9H2,1H3,(H,16,19)/p+2. The van der Waals surface area contributed by atoms with Crippen LogP contribution in [0.25, 0.3) is 0 Å². The SMILES string of the molecule is C[NH+]1CC[NH+](CC(=O)Nc2ccc(F)c(F)c2)CC1. The molecule has 0 aliphatic carbocycles. The molecule has 0 unspecified atom stereocenters. The quantitative estimate of drug-likeness (QED) is 0.603. The summed E-state index contributed by atoms with van der Waals surface area (Å²) in [4.78, 5) is 14.5. The molecular formula is C13H19F2N3O+2. The van der Waals surface area contributed by atoms with E-state index in [0.717, 1.165) is 38.3 Å². The average Bonchev–Trinajstić information content (AvgIpc) is 2.37. The number of hydrogen-bond donors (Lipinski definition) is 3. The third-order valence-electron chi connectivity index (χ3n) is 3.42. The van der Waals surface area contributed by atoms with Crippen LogP contribution in [0.1, 0.15) is 0 Å². The minimum absolute atomic E-state index is 0.166. The third kappa shape index (κ3) is 3.97. The van der Waals surface area contributed by atoms with E-state index in [1.807, 2.05) is 0 Å². The van der Waals surface area contributed by atoms with Crippen LogP contribution in [0.3, 0.4) is 0 Å². The lowest BCUT2D eigenvalue weighted by Gasteiger charge is -2.26. The first-order valence-electron chi connectivity index (χ1n) is 6.44. The summed E-state index contributed by atoms with van der Waals surface area (Å²) in [6.07, 6.45) is 0. The molecule has 1 aromatic carbocycles. The van der Waals surface area contributed by atoms with Gasteiger partial charge in [0.25, 0.3) is 5.91 Å². The second-order valence-corrected chi connectivity index (χ2v) is 5.06. The number of carbonyl (C=O) groups is 1.